The summed E-state index contributed by atoms with van der Waals surface area (Å²) in [7, 11) is 0. The van der Waals surface area contributed by atoms with E-state index in [-0.39, 0.29) is 22.5 Å². The van der Waals surface area contributed by atoms with Crippen LogP contribution in [-0.2, 0) is 9.53 Å². The van der Waals surface area contributed by atoms with Crippen molar-refractivity contribution in [2.24, 2.45) is 4.99 Å². The average molecular weight is 496 g/mol. The van der Waals surface area contributed by atoms with Crippen LogP contribution in [0.2, 0.25) is 0 Å². The van der Waals surface area contributed by atoms with Gasteiger partial charge in [-0.2, -0.15) is 0 Å². The number of allylic oxidation sites excluding steroid dienone is 1. The minimum absolute atomic E-state index is 0.156. The van der Waals surface area contributed by atoms with Crippen LogP contribution in [0.5, 0.6) is 5.75 Å². The van der Waals surface area contributed by atoms with Crippen LogP contribution in [0.3, 0.4) is 0 Å². The van der Waals surface area contributed by atoms with Crippen LogP contribution in [0.4, 0.5) is 5.88 Å². The number of aromatic nitrogens is 1. The number of fused-ring (bicyclic) bond motifs is 1. The Bertz CT molecular complexity index is 1510. The highest BCUT2D eigenvalue weighted by Crippen LogP contribution is 2.31. The number of carbonyl (C=O) groups is 1. The summed E-state index contributed by atoms with van der Waals surface area (Å²) in [6, 6.07) is 8.87. The van der Waals surface area contributed by atoms with Crippen molar-refractivity contribution in [2.45, 2.75) is 19.9 Å². The Morgan fingerprint density at radius 2 is 2.06 bits per heavy atom. The molecule has 10 nitrogen and oxygen atoms in total. The Balaban J connectivity index is 1.87. The van der Waals surface area contributed by atoms with Crippen LogP contribution in [0.25, 0.3) is 6.08 Å². The molecular weight excluding hydrogens is 474 g/mol. The molecule has 35 heavy (non-hydrogen) atoms. The number of hydrogen-bond donors (Lipinski definition) is 0. The number of esters is 1. The number of rotatable bonds is 8. The molecule has 0 fully saturated rings. The van der Waals surface area contributed by atoms with Crippen molar-refractivity contribution in [2.75, 3.05) is 13.2 Å². The predicted molar refractivity (Wildman–Crippen MR) is 128 cm³/mol. The van der Waals surface area contributed by atoms with Crippen molar-refractivity contribution in [3.05, 3.63) is 101 Å². The molecule has 0 amide bonds. The lowest BCUT2D eigenvalue weighted by Crippen LogP contribution is -2.39. The highest BCUT2D eigenvalue weighted by atomic mass is 32.1. The van der Waals surface area contributed by atoms with Gasteiger partial charge in [-0.3, -0.25) is 19.5 Å². The summed E-state index contributed by atoms with van der Waals surface area (Å²) in [5, 5.41) is 10.9. The average Bonchev–Trinajstić information content (AvgIpc) is 3.42. The third-order valence-corrected chi connectivity index (χ3v) is 6.13. The Hall–Kier alpha value is -4.25. The van der Waals surface area contributed by atoms with Crippen LogP contribution < -0.4 is 19.6 Å². The van der Waals surface area contributed by atoms with Crippen LogP contribution in [0.15, 0.2) is 74.5 Å². The number of ether oxygens (including phenoxy) is 2. The second-order valence-corrected chi connectivity index (χ2v) is 8.41. The quantitative estimate of drug-likeness (QED) is 0.204. The van der Waals surface area contributed by atoms with Crippen LogP contribution >= 0.6 is 11.3 Å². The first-order valence-corrected chi connectivity index (χ1v) is 11.4. The van der Waals surface area contributed by atoms with Gasteiger partial charge in [0, 0.05) is 6.08 Å². The van der Waals surface area contributed by atoms with Gasteiger partial charge in [0.05, 0.1) is 34.5 Å². The second kappa shape index (κ2) is 9.94. The summed E-state index contributed by atoms with van der Waals surface area (Å²) in [5.74, 6) is -0.231. The monoisotopic (exact) mass is 495 g/mol. The molecule has 2 aromatic heterocycles. The Labute approximate surface area is 202 Å². The molecule has 0 saturated carbocycles. The predicted octanol–water partition coefficient (Wildman–Crippen LogP) is 2.86. The second-order valence-electron chi connectivity index (χ2n) is 7.40. The lowest BCUT2D eigenvalue weighted by molar-refractivity contribution is -0.402. The first kappa shape index (κ1) is 23.9. The van der Waals surface area contributed by atoms with E-state index < -0.39 is 28.4 Å². The maximum absolute atomic E-state index is 13.5. The fourth-order valence-corrected chi connectivity index (χ4v) is 4.68. The van der Waals surface area contributed by atoms with Crippen molar-refractivity contribution in [1.82, 2.24) is 4.57 Å². The van der Waals surface area contributed by atoms with Crippen molar-refractivity contribution >= 4 is 29.3 Å². The summed E-state index contributed by atoms with van der Waals surface area (Å²) in [6.07, 6.45) is 3.05. The minimum Gasteiger partial charge on any atom is -0.490 e. The van der Waals surface area contributed by atoms with Crippen LogP contribution in [0, 0.1) is 10.1 Å². The maximum Gasteiger partial charge on any atom is 0.433 e. The number of benzene rings is 1. The van der Waals surface area contributed by atoms with Gasteiger partial charge >= 0.3 is 11.9 Å². The van der Waals surface area contributed by atoms with E-state index >= 15 is 0 Å². The number of nitrogens with zero attached hydrogens (tertiary/aromatic N) is 3. The highest BCUT2D eigenvalue weighted by molar-refractivity contribution is 7.07. The summed E-state index contributed by atoms with van der Waals surface area (Å²) in [4.78, 5) is 41.5. The maximum atomic E-state index is 13.5. The molecule has 0 aliphatic carbocycles. The highest BCUT2D eigenvalue weighted by Gasteiger charge is 2.33. The van der Waals surface area contributed by atoms with Gasteiger partial charge in [0.15, 0.2) is 4.80 Å². The van der Waals surface area contributed by atoms with E-state index in [1.165, 1.54) is 22.8 Å². The van der Waals surface area contributed by atoms with Gasteiger partial charge in [0.1, 0.15) is 23.0 Å². The third-order valence-electron chi connectivity index (χ3n) is 5.15. The molecule has 1 aliphatic heterocycles. The molecule has 0 N–H and O–H groups in total. The van der Waals surface area contributed by atoms with Crippen molar-refractivity contribution < 1.29 is 23.6 Å². The molecule has 0 unspecified atom stereocenters. The normalized spacial score (nSPS) is 15.4. The number of carbonyl (C=O) groups excluding carboxylic acids is 1. The molecule has 3 aromatic rings. The molecule has 0 saturated heterocycles. The zero-order chi connectivity index (χ0) is 25.1. The number of nitro groups is 1. The van der Waals surface area contributed by atoms with Crippen molar-refractivity contribution in [3.8, 4) is 5.75 Å². The van der Waals surface area contributed by atoms with E-state index in [0.29, 0.717) is 28.4 Å². The Kier molecular flexibility index (Phi) is 6.78. The van der Waals surface area contributed by atoms with E-state index in [0.717, 1.165) is 11.3 Å². The molecule has 1 aliphatic rings. The van der Waals surface area contributed by atoms with E-state index in [1.54, 1.807) is 44.2 Å². The SMILES string of the molecule is C=CCOc1ccc([C@H]2C(C(=O)OCC)=C(C)N=c3s/c(=C\c4ccc([N+](=O)[O-])o4)c(=O)n32)cc1. The molecule has 11 heteroatoms. The Morgan fingerprint density at radius 1 is 1.31 bits per heavy atom. The van der Waals surface area contributed by atoms with Crippen molar-refractivity contribution in [1.29, 1.82) is 0 Å². The minimum atomic E-state index is -0.785. The first-order valence-electron chi connectivity index (χ1n) is 10.6. The fraction of sp³-hybridized carbons (Fsp3) is 0.208. The number of thiazole rings is 1. The van der Waals surface area contributed by atoms with Gasteiger partial charge in [0.25, 0.3) is 5.56 Å². The van der Waals surface area contributed by atoms with Gasteiger partial charge in [-0.05, 0) is 37.6 Å². The van der Waals surface area contributed by atoms with E-state index in [2.05, 4.69) is 11.6 Å². The Morgan fingerprint density at radius 3 is 2.69 bits per heavy atom. The molecule has 4 rings (SSSR count). The standard InChI is InChI=1S/C24H21N3O7S/c1-4-12-33-16-8-6-15(7-9-16)21-20(23(29)32-5-2)14(3)25-24-26(21)22(28)18(35-24)13-17-10-11-19(34-17)27(30)31/h4,6-11,13,21H,1,5,12H2,2-3H3/b18-13-/t21-/m0/s1. The van der Waals surface area contributed by atoms with E-state index in [1.807, 2.05) is 0 Å². The van der Waals surface area contributed by atoms with Crippen molar-refractivity contribution in [3.63, 3.8) is 0 Å². The third kappa shape index (κ3) is 4.71. The molecule has 0 radical (unpaired) electrons. The summed E-state index contributed by atoms with van der Waals surface area (Å²) < 4.78 is 17.7. The lowest BCUT2D eigenvalue weighted by atomic mass is 9.96. The van der Waals surface area contributed by atoms with E-state index in [9.17, 15) is 19.7 Å². The summed E-state index contributed by atoms with van der Waals surface area (Å²) >= 11 is 1.09. The van der Waals surface area contributed by atoms with Crippen LogP contribution in [-0.4, -0.2) is 28.7 Å². The van der Waals surface area contributed by atoms with Crippen LogP contribution in [0.1, 0.15) is 31.2 Å². The number of furan rings is 1. The van der Waals surface area contributed by atoms with Gasteiger partial charge in [-0.25, -0.2) is 9.79 Å². The number of hydrogen-bond acceptors (Lipinski definition) is 9. The zero-order valence-electron chi connectivity index (χ0n) is 18.9. The largest absolute Gasteiger partial charge is 0.490 e. The van der Waals surface area contributed by atoms with E-state index in [4.69, 9.17) is 13.9 Å². The zero-order valence-corrected chi connectivity index (χ0v) is 19.7. The van der Waals surface area contributed by atoms with Gasteiger partial charge in [-0.15, -0.1) is 0 Å². The topological polar surface area (TPSA) is 126 Å². The molecular formula is C24H21N3O7S. The molecule has 1 atom stereocenters. The van der Waals surface area contributed by atoms with Gasteiger partial charge < -0.3 is 13.9 Å². The molecule has 1 aromatic carbocycles. The van der Waals surface area contributed by atoms with Gasteiger partial charge in [-0.1, -0.05) is 36.1 Å². The molecule has 0 bridgehead atoms. The summed E-state index contributed by atoms with van der Waals surface area (Å²) in [6.45, 7) is 7.52. The molecule has 0 spiro atoms. The van der Waals surface area contributed by atoms with Gasteiger partial charge in [0.2, 0.25) is 0 Å². The lowest BCUT2D eigenvalue weighted by Gasteiger charge is -2.24. The smallest absolute Gasteiger partial charge is 0.433 e. The molecule has 180 valence electrons. The summed E-state index contributed by atoms with van der Waals surface area (Å²) in [5.41, 5.74) is 0.926. The molecule has 3 heterocycles. The fourth-order valence-electron chi connectivity index (χ4n) is 3.66. The first-order chi connectivity index (χ1) is 16.8.